The van der Waals surface area contributed by atoms with E-state index in [1.165, 1.54) is 0 Å². The summed E-state index contributed by atoms with van der Waals surface area (Å²) in [6, 6.07) is 1.73. The van der Waals surface area contributed by atoms with Crippen molar-refractivity contribution in [3.05, 3.63) is 28.6 Å². The highest BCUT2D eigenvalue weighted by Crippen LogP contribution is 2.19. The molecule has 0 aromatic carbocycles. The molecule has 0 bridgehead atoms. The summed E-state index contributed by atoms with van der Waals surface area (Å²) in [5.74, 6) is -0.906. The van der Waals surface area contributed by atoms with E-state index < -0.39 is 5.97 Å². The molecule has 0 fully saturated rings. The molecule has 2 heterocycles. The van der Waals surface area contributed by atoms with Gasteiger partial charge < -0.3 is 15.2 Å². The molecule has 3 N–H and O–H groups in total. The van der Waals surface area contributed by atoms with Crippen molar-refractivity contribution in [1.82, 2.24) is 9.38 Å². The van der Waals surface area contributed by atoms with E-state index in [4.69, 9.17) is 10.8 Å². The lowest BCUT2D eigenvalue weighted by atomic mass is 10.3. The number of rotatable bonds is 2. The third-order valence-electron chi connectivity index (χ3n) is 1.93. The maximum absolute atomic E-state index is 10.5. The molecule has 0 radical (unpaired) electrons. The molecule has 0 aliphatic carbocycles. The minimum atomic E-state index is -0.906. The first-order valence-corrected chi connectivity index (χ1v) is 5.00. The number of hydrogen-bond donors (Lipinski definition) is 2. The first-order chi connectivity index (χ1) is 7.06. The second-order valence-electron chi connectivity index (χ2n) is 3.15. The van der Waals surface area contributed by atoms with Gasteiger partial charge in [-0.15, -0.1) is 0 Å². The van der Waals surface area contributed by atoms with Crippen LogP contribution in [-0.2, 0) is 11.2 Å². The number of nitrogens with zero attached hydrogens (tertiary/aromatic N) is 2. The molecule has 2 aromatic rings. The van der Waals surface area contributed by atoms with Gasteiger partial charge in [-0.2, -0.15) is 0 Å². The van der Waals surface area contributed by atoms with Crippen molar-refractivity contribution in [3.8, 4) is 0 Å². The van der Waals surface area contributed by atoms with Gasteiger partial charge in [0.05, 0.1) is 17.8 Å². The second kappa shape index (κ2) is 3.54. The number of aliphatic carboxylic acids is 1. The van der Waals surface area contributed by atoms with Crippen LogP contribution >= 0.6 is 15.9 Å². The molecule has 6 heteroatoms. The van der Waals surface area contributed by atoms with Gasteiger partial charge in [-0.05, 0) is 22.0 Å². The molecule has 2 rings (SSSR count). The molecule has 2 aromatic heterocycles. The van der Waals surface area contributed by atoms with E-state index in [1.807, 2.05) is 0 Å². The van der Waals surface area contributed by atoms with Gasteiger partial charge in [0.1, 0.15) is 0 Å². The number of nitrogen functional groups attached to an aromatic ring is 1. The van der Waals surface area contributed by atoms with Gasteiger partial charge in [-0.1, -0.05) is 0 Å². The number of carboxylic acid groups (broad SMARTS) is 1. The van der Waals surface area contributed by atoms with Crippen LogP contribution in [0.1, 0.15) is 5.69 Å². The molecule has 0 atom stereocenters. The van der Waals surface area contributed by atoms with Gasteiger partial charge in [0.2, 0.25) is 0 Å². The predicted octanol–water partition coefficient (Wildman–Crippen LogP) is 1.31. The van der Waals surface area contributed by atoms with Crippen LogP contribution in [-0.4, -0.2) is 20.5 Å². The fraction of sp³-hybridized carbons (Fsp3) is 0.111. The average molecular weight is 270 g/mol. The van der Waals surface area contributed by atoms with Crippen molar-refractivity contribution in [1.29, 1.82) is 0 Å². The SMILES string of the molecule is Nc1cc(Br)cn2cc(CC(=O)O)nc12. The Labute approximate surface area is 93.7 Å². The highest BCUT2D eigenvalue weighted by atomic mass is 79.9. The molecule has 0 unspecified atom stereocenters. The lowest BCUT2D eigenvalue weighted by Gasteiger charge is -1.97. The Morgan fingerprint density at radius 3 is 3.00 bits per heavy atom. The summed E-state index contributed by atoms with van der Waals surface area (Å²) in [5, 5.41) is 8.63. The summed E-state index contributed by atoms with van der Waals surface area (Å²) in [7, 11) is 0. The number of halogens is 1. The smallest absolute Gasteiger partial charge is 0.309 e. The second-order valence-corrected chi connectivity index (χ2v) is 4.06. The number of carbonyl (C=O) groups is 1. The number of carboxylic acids is 1. The molecule has 0 amide bonds. The zero-order valence-electron chi connectivity index (χ0n) is 7.64. The summed E-state index contributed by atoms with van der Waals surface area (Å²) in [5.41, 5.74) is 7.33. The van der Waals surface area contributed by atoms with Crippen LogP contribution in [0, 0.1) is 0 Å². The summed E-state index contributed by atoms with van der Waals surface area (Å²) >= 11 is 3.30. The maximum Gasteiger partial charge on any atom is 0.309 e. The van der Waals surface area contributed by atoms with Gasteiger partial charge in [-0.3, -0.25) is 4.79 Å². The van der Waals surface area contributed by atoms with E-state index in [-0.39, 0.29) is 6.42 Å². The number of imidazole rings is 1. The van der Waals surface area contributed by atoms with Gasteiger partial charge in [0, 0.05) is 16.9 Å². The van der Waals surface area contributed by atoms with E-state index in [0.29, 0.717) is 17.0 Å². The summed E-state index contributed by atoms with van der Waals surface area (Å²) in [6.07, 6.45) is 3.34. The van der Waals surface area contributed by atoms with Crippen molar-refractivity contribution in [2.24, 2.45) is 0 Å². The normalized spacial score (nSPS) is 10.7. The van der Waals surface area contributed by atoms with Crippen molar-refractivity contribution >= 4 is 33.2 Å². The minimum absolute atomic E-state index is 0.0985. The Balaban J connectivity index is 2.55. The van der Waals surface area contributed by atoms with E-state index in [9.17, 15) is 4.79 Å². The molecule has 0 saturated heterocycles. The summed E-state index contributed by atoms with van der Waals surface area (Å²) in [4.78, 5) is 14.6. The lowest BCUT2D eigenvalue weighted by molar-refractivity contribution is -0.136. The van der Waals surface area contributed by atoms with E-state index >= 15 is 0 Å². The Morgan fingerprint density at radius 1 is 1.60 bits per heavy atom. The van der Waals surface area contributed by atoms with Gasteiger partial charge in [-0.25, -0.2) is 4.98 Å². The zero-order valence-corrected chi connectivity index (χ0v) is 9.23. The van der Waals surface area contributed by atoms with Crippen molar-refractivity contribution in [2.75, 3.05) is 5.73 Å². The van der Waals surface area contributed by atoms with Crippen LogP contribution in [0.4, 0.5) is 5.69 Å². The third-order valence-corrected chi connectivity index (χ3v) is 2.36. The molecule has 0 spiro atoms. The van der Waals surface area contributed by atoms with Crippen molar-refractivity contribution < 1.29 is 9.90 Å². The quantitative estimate of drug-likeness (QED) is 0.862. The van der Waals surface area contributed by atoms with Crippen LogP contribution in [0.25, 0.3) is 5.65 Å². The number of pyridine rings is 1. The van der Waals surface area contributed by atoms with Crippen LogP contribution in [0.3, 0.4) is 0 Å². The number of anilines is 1. The molecule has 0 aliphatic heterocycles. The Kier molecular flexibility index (Phi) is 2.36. The summed E-state index contributed by atoms with van der Waals surface area (Å²) < 4.78 is 2.53. The standard InChI is InChI=1S/C9H8BrN3O2/c10-5-1-7(11)9-12-6(2-8(14)15)4-13(9)3-5/h1,3-4H,2,11H2,(H,14,15). The third kappa shape index (κ3) is 1.94. The first-order valence-electron chi connectivity index (χ1n) is 4.20. The number of aromatic nitrogens is 2. The molecule has 0 aliphatic rings. The van der Waals surface area contributed by atoms with Crippen LogP contribution in [0.5, 0.6) is 0 Å². The van der Waals surface area contributed by atoms with Gasteiger partial charge >= 0.3 is 5.97 Å². The Hall–Kier alpha value is -1.56. The molecular weight excluding hydrogens is 262 g/mol. The highest BCUT2D eigenvalue weighted by Gasteiger charge is 2.08. The van der Waals surface area contributed by atoms with Gasteiger partial charge in [0.15, 0.2) is 5.65 Å². The first kappa shape index (κ1) is 9.97. The van der Waals surface area contributed by atoms with Crippen molar-refractivity contribution in [3.63, 3.8) is 0 Å². The van der Waals surface area contributed by atoms with E-state index in [1.54, 1.807) is 22.9 Å². The molecule has 0 saturated carbocycles. The number of nitrogens with two attached hydrogens (primary N) is 1. The topological polar surface area (TPSA) is 80.6 Å². The van der Waals surface area contributed by atoms with Crippen LogP contribution < -0.4 is 5.73 Å². The van der Waals surface area contributed by atoms with Crippen molar-refractivity contribution in [2.45, 2.75) is 6.42 Å². The molecule has 15 heavy (non-hydrogen) atoms. The largest absolute Gasteiger partial charge is 0.481 e. The highest BCUT2D eigenvalue weighted by molar-refractivity contribution is 9.10. The molecule has 78 valence electrons. The van der Waals surface area contributed by atoms with Crippen LogP contribution in [0.2, 0.25) is 0 Å². The lowest BCUT2D eigenvalue weighted by Crippen LogP contribution is -1.99. The molecule has 5 nitrogen and oxygen atoms in total. The fourth-order valence-corrected chi connectivity index (χ4v) is 1.85. The summed E-state index contributed by atoms with van der Waals surface area (Å²) in [6.45, 7) is 0. The zero-order chi connectivity index (χ0) is 11.0. The number of hydrogen-bond acceptors (Lipinski definition) is 3. The predicted molar refractivity (Wildman–Crippen MR) is 58.6 cm³/mol. The minimum Gasteiger partial charge on any atom is -0.481 e. The van der Waals surface area contributed by atoms with Gasteiger partial charge in [0.25, 0.3) is 0 Å². The average Bonchev–Trinajstić information content (AvgIpc) is 2.45. The fourth-order valence-electron chi connectivity index (χ4n) is 1.38. The van der Waals surface area contributed by atoms with E-state index in [0.717, 1.165) is 4.47 Å². The maximum atomic E-state index is 10.5. The Morgan fingerprint density at radius 2 is 2.33 bits per heavy atom. The Bertz CT molecular complexity index is 535. The number of fused-ring (bicyclic) bond motifs is 1. The van der Waals surface area contributed by atoms with Crippen LogP contribution in [0.15, 0.2) is 22.9 Å². The monoisotopic (exact) mass is 269 g/mol. The molecular formula is C9H8BrN3O2. The van der Waals surface area contributed by atoms with E-state index in [2.05, 4.69) is 20.9 Å².